The monoisotopic (exact) mass is 492 g/mol. The Bertz CT molecular complexity index is 925. The zero-order valence-corrected chi connectivity index (χ0v) is 21.1. The Balaban J connectivity index is 1.36. The van der Waals surface area contributed by atoms with E-state index in [0.29, 0.717) is 34.2 Å². The molecule has 4 nitrogen and oxygen atoms in total. The number of piperidine rings is 1. The number of rotatable bonds is 11. The van der Waals surface area contributed by atoms with E-state index in [4.69, 9.17) is 4.74 Å². The normalized spacial score (nSPS) is 20.1. The molecule has 0 unspecified atom stereocenters. The van der Waals surface area contributed by atoms with E-state index in [2.05, 4.69) is 21.6 Å². The smallest absolute Gasteiger partial charge is 0.126 e. The van der Waals surface area contributed by atoms with Gasteiger partial charge in [0.25, 0.3) is 0 Å². The molecule has 2 heterocycles. The Hall–Kier alpha value is -1.44. The van der Waals surface area contributed by atoms with E-state index in [1.165, 1.54) is 37.6 Å². The molecule has 1 aliphatic heterocycles. The molecule has 0 bridgehead atoms. The first-order chi connectivity index (χ1) is 16.6. The van der Waals surface area contributed by atoms with Gasteiger partial charge in [0.1, 0.15) is 18.6 Å². The highest BCUT2D eigenvalue weighted by atomic mass is 32.2. The number of alkyl halides is 2. The third-order valence-electron chi connectivity index (χ3n) is 7.90. The van der Waals surface area contributed by atoms with Crippen molar-refractivity contribution in [2.75, 3.05) is 39.1 Å². The van der Waals surface area contributed by atoms with Crippen LogP contribution in [0.5, 0.6) is 5.75 Å². The maximum absolute atomic E-state index is 15.7. The molecule has 1 saturated heterocycles. The minimum Gasteiger partial charge on any atom is -0.497 e. The molecule has 34 heavy (non-hydrogen) atoms. The van der Waals surface area contributed by atoms with Crippen LogP contribution in [0, 0.1) is 5.41 Å². The summed E-state index contributed by atoms with van der Waals surface area (Å²) < 4.78 is 34.7. The molecule has 2 fully saturated rings. The Kier molecular flexibility index (Phi) is 9.05. The fraction of sp³-hybridized carbons (Fsp3) is 0.667. The molecular weight excluding hydrogens is 454 g/mol. The van der Waals surface area contributed by atoms with E-state index < -0.39 is 12.8 Å². The molecule has 1 N–H and O–H groups in total. The zero-order valence-electron chi connectivity index (χ0n) is 20.3. The van der Waals surface area contributed by atoms with Gasteiger partial charge < -0.3 is 14.7 Å². The van der Waals surface area contributed by atoms with Crippen LogP contribution in [0.1, 0.15) is 68.7 Å². The Morgan fingerprint density at radius 3 is 2.71 bits per heavy atom. The number of halogens is 2. The highest BCUT2D eigenvalue weighted by Crippen LogP contribution is 2.41. The summed E-state index contributed by atoms with van der Waals surface area (Å²) in [4.78, 5) is 6.79. The first kappa shape index (κ1) is 25.6. The number of fused-ring (bicyclic) bond motifs is 1. The van der Waals surface area contributed by atoms with Crippen molar-refractivity contribution in [1.29, 1.82) is 0 Å². The number of ether oxygens (including phenoxy) is 1. The van der Waals surface area contributed by atoms with Crippen molar-refractivity contribution in [1.82, 2.24) is 9.88 Å². The third kappa shape index (κ3) is 6.03. The number of pyridine rings is 1. The molecule has 1 aromatic heterocycles. The van der Waals surface area contributed by atoms with Crippen molar-refractivity contribution in [2.45, 2.75) is 69.5 Å². The largest absolute Gasteiger partial charge is 0.497 e. The number of methoxy groups -OCH3 is 1. The maximum Gasteiger partial charge on any atom is 0.126 e. The van der Waals surface area contributed by atoms with Crippen LogP contribution in [0.15, 0.2) is 24.4 Å². The van der Waals surface area contributed by atoms with Crippen LogP contribution in [0.2, 0.25) is 0 Å². The summed E-state index contributed by atoms with van der Waals surface area (Å²) in [6.45, 7) is 2.32. The number of hydrogen-bond donors (Lipinski definition) is 1. The average Bonchev–Trinajstić information content (AvgIpc) is 3.40. The predicted molar refractivity (Wildman–Crippen MR) is 136 cm³/mol. The van der Waals surface area contributed by atoms with Crippen LogP contribution in [-0.2, 0) is 6.67 Å². The van der Waals surface area contributed by atoms with Crippen molar-refractivity contribution in [3.8, 4) is 5.75 Å². The van der Waals surface area contributed by atoms with Crippen LogP contribution < -0.4 is 4.74 Å². The Morgan fingerprint density at radius 2 is 2.03 bits per heavy atom. The molecule has 2 aromatic rings. The summed E-state index contributed by atoms with van der Waals surface area (Å²) in [5.41, 5.74) is 1.05. The molecule has 7 heteroatoms. The minimum absolute atomic E-state index is 0.0747. The van der Waals surface area contributed by atoms with Gasteiger partial charge in [0, 0.05) is 46.9 Å². The van der Waals surface area contributed by atoms with Gasteiger partial charge in [0.05, 0.1) is 12.6 Å². The van der Waals surface area contributed by atoms with E-state index >= 15 is 4.39 Å². The number of nitrogens with zero attached hydrogens (tertiary/aromatic N) is 2. The highest BCUT2D eigenvalue weighted by Gasteiger charge is 2.35. The summed E-state index contributed by atoms with van der Waals surface area (Å²) in [5.74, 6) is 1.78. The van der Waals surface area contributed by atoms with Gasteiger partial charge in [0.2, 0.25) is 0 Å². The fourth-order valence-electron chi connectivity index (χ4n) is 5.56. The molecule has 0 radical (unpaired) electrons. The van der Waals surface area contributed by atoms with Gasteiger partial charge in [-0.3, -0.25) is 4.98 Å². The van der Waals surface area contributed by atoms with E-state index in [1.54, 1.807) is 25.3 Å². The summed E-state index contributed by atoms with van der Waals surface area (Å²) in [6, 6.07) is 5.30. The third-order valence-corrected chi connectivity index (χ3v) is 9.26. The van der Waals surface area contributed by atoms with Crippen LogP contribution in [-0.4, -0.2) is 59.3 Å². The standard InChI is InChI=1S/C27H38F2N2O2S/c1-33-21-6-7-25-23(16-21)26(20(17-28)18-30-25)24(29)8-9-27(19-32)10-12-31(13-11-27)14-15-34-22-4-2-3-5-22/h6-7,16,18,22,24,32H,2-5,8-15,17,19H2,1H3/t24-/m1/s1. The van der Waals surface area contributed by atoms with Gasteiger partial charge >= 0.3 is 0 Å². The molecule has 0 amide bonds. The molecule has 0 spiro atoms. The maximum atomic E-state index is 15.7. The first-order valence-electron chi connectivity index (χ1n) is 12.7. The van der Waals surface area contributed by atoms with E-state index in [-0.39, 0.29) is 18.4 Å². The molecule has 1 saturated carbocycles. The number of aromatic nitrogens is 1. The van der Waals surface area contributed by atoms with Crippen LogP contribution >= 0.6 is 11.8 Å². The number of aliphatic hydroxyl groups is 1. The molecule has 188 valence electrons. The van der Waals surface area contributed by atoms with E-state index in [0.717, 1.165) is 37.7 Å². The van der Waals surface area contributed by atoms with Crippen molar-refractivity contribution >= 4 is 22.7 Å². The summed E-state index contributed by atoms with van der Waals surface area (Å²) in [7, 11) is 1.56. The van der Waals surface area contributed by atoms with E-state index in [9.17, 15) is 9.50 Å². The minimum atomic E-state index is -1.31. The SMILES string of the molecule is COc1ccc2ncc(CF)c([C@H](F)CCC3(CO)CCN(CCSC4CCCC4)CC3)c2c1. The van der Waals surface area contributed by atoms with Gasteiger partial charge in [-0.25, -0.2) is 8.78 Å². The van der Waals surface area contributed by atoms with Crippen LogP contribution in [0.4, 0.5) is 8.78 Å². The summed E-state index contributed by atoms with van der Waals surface area (Å²) >= 11 is 2.12. The lowest BCUT2D eigenvalue weighted by Gasteiger charge is -2.41. The zero-order chi connectivity index (χ0) is 24.0. The molecule has 1 atom stereocenters. The molecule has 1 aromatic carbocycles. The second-order valence-electron chi connectivity index (χ2n) is 10.00. The second-order valence-corrected chi connectivity index (χ2v) is 11.4. The van der Waals surface area contributed by atoms with Gasteiger partial charge in [0.15, 0.2) is 0 Å². The number of benzene rings is 1. The summed E-state index contributed by atoms with van der Waals surface area (Å²) in [6.07, 6.45) is 8.25. The summed E-state index contributed by atoms with van der Waals surface area (Å²) in [5, 5.41) is 11.7. The lowest BCUT2D eigenvalue weighted by atomic mass is 9.74. The second kappa shape index (κ2) is 12.0. The van der Waals surface area contributed by atoms with E-state index in [1.807, 2.05) is 0 Å². The molecule has 1 aliphatic carbocycles. The quantitative estimate of drug-likeness (QED) is 0.401. The van der Waals surface area contributed by atoms with Crippen molar-refractivity contribution in [3.63, 3.8) is 0 Å². The Labute approximate surface area is 206 Å². The highest BCUT2D eigenvalue weighted by molar-refractivity contribution is 7.99. The number of hydrogen-bond acceptors (Lipinski definition) is 5. The van der Waals surface area contributed by atoms with Crippen LogP contribution in [0.25, 0.3) is 10.9 Å². The number of likely N-dealkylation sites (tertiary alicyclic amines) is 1. The Morgan fingerprint density at radius 1 is 1.26 bits per heavy atom. The van der Waals surface area contributed by atoms with Gasteiger partial charge in [-0.05, 0) is 75.2 Å². The van der Waals surface area contributed by atoms with Crippen molar-refractivity contribution in [2.24, 2.45) is 5.41 Å². The molecule has 2 aliphatic rings. The van der Waals surface area contributed by atoms with Crippen molar-refractivity contribution in [3.05, 3.63) is 35.5 Å². The van der Waals surface area contributed by atoms with Crippen molar-refractivity contribution < 1.29 is 18.6 Å². The lowest BCUT2D eigenvalue weighted by molar-refractivity contribution is 0.0322. The average molecular weight is 493 g/mol. The molecule has 4 rings (SSSR count). The fourth-order valence-corrected chi connectivity index (χ4v) is 6.92. The number of aliphatic hydroxyl groups excluding tert-OH is 1. The van der Waals surface area contributed by atoms with Gasteiger partial charge in [-0.15, -0.1) is 0 Å². The topological polar surface area (TPSA) is 45.6 Å². The number of thioether (sulfide) groups is 1. The van der Waals surface area contributed by atoms with Crippen LogP contribution in [0.3, 0.4) is 0 Å². The van der Waals surface area contributed by atoms with Gasteiger partial charge in [-0.1, -0.05) is 12.8 Å². The molecular formula is C27H38F2N2O2S. The predicted octanol–water partition coefficient (Wildman–Crippen LogP) is 6.25. The first-order valence-corrected chi connectivity index (χ1v) is 13.7. The van der Waals surface area contributed by atoms with Gasteiger partial charge in [-0.2, -0.15) is 11.8 Å². The lowest BCUT2D eigenvalue weighted by Crippen LogP contribution is -2.43.